The van der Waals surface area contributed by atoms with Crippen LogP contribution < -0.4 is 10.9 Å². The van der Waals surface area contributed by atoms with Crippen molar-refractivity contribution >= 4 is 0 Å². The van der Waals surface area contributed by atoms with Crippen LogP contribution in [-0.4, -0.2) is 16.2 Å². The highest BCUT2D eigenvalue weighted by molar-refractivity contribution is 5.35. The highest BCUT2D eigenvalue weighted by Crippen LogP contribution is 2.22. The van der Waals surface area contributed by atoms with Gasteiger partial charge in [0.1, 0.15) is 0 Å². The van der Waals surface area contributed by atoms with Gasteiger partial charge in [0.2, 0.25) is 0 Å². The summed E-state index contributed by atoms with van der Waals surface area (Å²) >= 11 is 0. The van der Waals surface area contributed by atoms with Crippen molar-refractivity contribution in [3.63, 3.8) is 0 Å². The van der Waals surface area contributed by atoms with Crippen molar-refractivity contribution in [3.8, 4) is 0 Å². The van der Waals surface area contributed by atoms with E-state index in [0.29, 0.717) is 6.04 Å². The summed E-state index contributed by atoms with van der Waals surface area (Å²) in [5.41, 5.74) is 5.85. The summed E-state index contributed by atoms with van der Waals surface area (Å²) in [6, 6.07) is 9.49. The molecule has 0 saturated heterocycles. The standard InChI is InChI=1S/C22H29N3O/c26-22-20-12-5-4-11-19(20)21(24-25-22)14-16-7-6-8-17(13-16)15-23-18-9-2-1-3-10-18/h6-8,13,18,23H,1-5,9-12,14-15H2,(H,25,26). The van der Waals surface area contributed by atoms with Gasteiger partial charge in [0.25, 0.3) is 5.56 Å². The molecule has 0 spiro atoms. The molecule has 0 atom stereocenters. The van der Waals surface area contributed by atoms with Crippen LogP contribution >= 0.6 is 0 Å². The van der Waals surface area contributed by atoms with E-state index >= 15 is 0 Å². The first kappa shape index (κ1) is 17.5. The Hall–Kier alpha value is -1.94. The third-order valence-corrected chi connectivity index (χ3v) is 5.95. The monoisotopic (exact) mass is 351 g/mol. The van der Waals surface area contributed by atoms with Crippen LogP contribution in [0.15, 0.2) is 29.1 Å². The van der Waals surface area contributed by atoms with Crippen molar-refractivity contribution in [2.24, 2.45) is 0 Å². The van der Waals surface area contributed by atoms with Crippen LogP contribution in [0, 0.1) is 0 Å². The number of aromatic amines is 1. The minimum absolute atomic E-state index is 0.00822. The largest absolute Gasteiger partial charge is 0.310 e. The van der Waals surface area contributed by atoms with Gasteiger partial charge in [-0.2, -0.15) is 5.10 Å². The van der Waals surface area contributed by atoms with Crippen LogP contribution in [-0.2, 0) is 25.8 Å². The van der Waals surface area contributed by atoms with Crippen molar-refractivity contribution in [1.82, 2.24) is 15.5 Å². The second-order valence-corrected chi connectivity index (χ2v) is 7.88. The fourth-order valence-electron chi connectivity index (χ4n) is 4.49. The number of aromatic nitrogens is 2. The predicted octanol–water partition coefficient (Wildman–Crippen LogP) is 3.66. The molecule has 0 aliphatic heterocycles. The smallest absolute Gasteiger partial charge is 0.267 e. The van der Waals surface area contributed by atoms with Crippen LogP contribution in [0.5, 0.6) is 0 Å². The quantitative estimate of drug-likeness (QED) is 0.864. The molecule has 2 aliphatic carbocycles. The zero-order chi connectivity index (χ0) is 17.8. The van der Waals surface area contributed by atoms with Crippen molar-refractivity contribution < 1.29 is 0 Å². The Labute approximate surface area is 155 Å². The molecule has 1 heterocycles. The molecule has 0 bridgehead atoms. The molecule has 1 aromatic carbocycles. The van der Waals surface area contributed by atoms with Gasteiger partial charge in [0.15, 0.2) is 0 Å². The molecule has 26 heavy (non-hydrogen) atoms. The molecule has 4 heteroatoms. The summed E-state index contributed by atoms with van der Waals surface area (Å²) in [5.74, 6) is 0. The number of rotatable bonds is 5. The molecule has 4 rings (SSSR count). The van der Waals surface area contributed by atoms with Gasteiger partial charge in [0, 0.05) is 24.6 Å². The Balaban J connectivity index is 1.46. The minimum atomic E-state index is 0.00822. The number of nitrogens with zero attached hydrogens (tertiary/aromatic N) is 1. The first-order valence-corrected chi connectivity index (χ1v) is 10.2. The average Bonchev–Trinajstić information content (AvgIpc) is 2.70. The number of nitrogens with one attached hydrogen (secondary N) is 2. The van der Waals surface area contributed by atoms with Crippen LogP contribution in [0.4, 0.5) is 0 Å². The molecule has 0 unspecified atom stereocenters. The lowest BCUT2D eigenvalue weighted by molar-refractivity contribution is 0.372. The number of fused-ring (bicyclic) bond motifs is 1. The van der Waals surface area contributed by atoms with Gasteiger partial charge in [-0.15, -0.1) is 0 Å². The van der Waals surface area contributed by atoms with Gasteiger partial charge >= 0.3 is 0 Å². The van der Waals surface area contributed by atoms with Crippen molar-refractivity contribution in [3.05, 3.63) is 62.6 Å². The first-order valence-electron chi connectivity index (χ1n) is 10.2. The average molecular weight is 351 g/mol. The topological polar surface area (TPSA) is 57.8 Å². The Morgan fingerprint density at radius 3 is 2.62 bits per heavy atom. The zero-order valence-corrected chi connectivity index (χ0v) is 15.5. The molecular formula is C22H29N3O. The van der Waals surface area contributed by atoms with Gasteiger partial charge in [0.05, 0.1) is 5.69 Å². The van der Waals surface area contributed by atoms with Gasteiger partial charge in [-0.25, -0.2) is 5.10 Å². The zero-order valence-electron chi connectivity index (χ0n) is 15.5. The van der Waals surface area contributed by atoms with Crippen LogP contribution in [0.25, 0.3) is 0 Å². The number of hydrogen-bond acceptors (Lipinski definition) is 3. The Bertz CT molecular complexity index is 805. The third-order valence-electron chi connectivity index (χ3n) is 5.95. The SMILES string of the molecule is O=c1[nH]nc(Cc2cccc(CNC3CCCCC3)c2)c2c1CCCC2. The summed E-state index contributed by atoms with van der Waals surface area (Å²) in [6.07, 6.45) is 11.7. The minimum Gasteiger partial charge on any atom is -0.310 e. The van der Waals surface area contributed by atoms with Gasteiger partial charge < -0.3 is 5.32 Å². The summed E-state index contributed by atoms with van der Waals surface area (Å²) < 4.78 is 0. The lowest BCUT2D eigenvalue weighted by Crippen LogP contribution is -2.30. The lowest BCUT2D eigenvalue weighted by atomic mass is 9.90. The van der Waals surface area contributed by atoms with Crippen LogP contribution in [0.1, 0.15) is 72.9 Å². The molecule has 1 fully saturated rings. The van der Waals surface area contributed by atoms with Gasteiger partial charge in [-0.05, 0) is 55.2 Å². The molecule has 4 nitrogen and oxygen atoms in total. The molecule has 138 valence electrons. The highest BCUT2D eigenvalue weighted by Gasteiger charge is 2.18. The van der Waals surface area contributed by atoms with E-state index in [2.05, 4.69) is 39.8 Å². The second-order valence-electron chi connectivity index (χ2n) is 7.88. The van der Waals surface area contributed by atoms with E-state index in [-0.39, 0.29) is 5.56 Å². The van der Waals surface area contributed by atoms with E-state index in [0.717, 1.165) is 49.9 Å². The number of H-pyrrole nitrogens is 1. The maximum atomic E-state index is 12.0. The Morgan fingerprint density at radius 2 is 1.77 bits per heavy atom. The van der Waals surface area contributed by atoms with Crippen LogP contribution in [0.3, 0.4) is 0 Å². The van der Waals surface area contributed by atoms with Gasteiger partial charge in [-0.1, -0.05) is 43.5 Å². The number of hydrogen-bond donors (Lipinski definition) is 2. The highest BCUT2D eigenvalue weighted by atomic mass is 16.1. The van der Waals surface area contributed by atoms with Gasteiger partial charge in [-0.3, -0.25) is 4.79 Å². The maximum absolute atomic E-state index is 12.0. The molecule has 2 aliphatic rings. The fourth-order valence-corrected chi connectivity index (χ4v) is 4.49. The molecule has 0 amide bonds. The first-order chi connectivity index (χ1) is 12.8. The normalized spacial score (nSPS) is 17.8. The van der Waals surface area contributed by atoms with Crippen molar-refractivity contribution in [2.45, 2.75) is 76.8 Å². The van der Waals surface area contributed by atoms with E-state index in [1.807, 2.05) is 0 Å². The van der Waals surface area contributed by atoms with Crippen molar-refractivity contribution in [2.75, 3.05) is 0 Å². The molecule has 1 saturated carbocycles. The molecule has 1 aromatic heterocycles. The lowest BCUT2D eigenvalue weighted by Gasteiger charge is -2.23. The summed E-state index contributed by atoms with van der Waals surface area (Å²) in [6.45, 7) is 0.940. The second kappa shape index (κ2) is 8.17. The maximum Gasteiger partial charge on any atom is 0.267 e. The Kier molecular flexibility index (Phi) is 5.49. The van der Waals surface area contributed by atoms with Crippen LogP contribution in [0.2, 0.25) is 0 Å². The third kappa shape index (κ3) is 4.07. The fraction of sp³-hybridized carbons (Fsp3) is 0.545. The predicted molar refractivity (Wildman–Crippen MR) is 104 cm³/mol. The molecule has 0 radical (unpaired) electrons. The number of benzene rings is 1. The van der Waals surface area contributed by atoms with E-state index in [4.69, 9.17) is 0 Å². The van der Waals surface area contributed by atoms with E-state index in [1.165, 1.54) is 48.8 Å². The van der Waals surface area contributed by atoms with Crippen molar-refractivity contribution in [1.29, 1.82) is 0 Å². The molecule has 2 N–H and O–H groups in total. The van der Waals surface area contributed by atoms with E-state index in [9.17, 15) is 4.79 Å². The Morgan fingerprint density at radius 1 is 1.00 bits per heavy atom. The molecule has 2 aromatic rings. The summed E-state index contributed by atoms with van der Waals surface area (Å²) in [7, 11) is 0. The summed E-state index contributed by atoms with van der Waals surface area (Å²) in [5, 5.41) is 10.8. The van der Waals surface area contributed by atoms with E-state index < -0.39 is 0 Å². The van der Waals surface area contributed by atoms with E-state index in [1.54, 1.807) is 0 Å². The molecular weight excluding hydrogens is 322 g/mol. The summed E-state index contributed by atoms with van der Waals surface area (Å²) in [4.78, 5) is 12.0.